The molecule has 0 saturated heterocycles. The van der Waals surface area contributed by atoms with Crippen LogP contribution < -0.4 is 10.3 Å². The SMILES string of the molecule is C/C(=N\Nc1ccc([N+](=O)[O-])cc1)c1ccc(N(C)C)cc1. The molecular formula is C16H18N4O2. The van der Waals surface area contributed by atoms with Gasteiger partial charge >= 0.3 is 0 Å². The Morgan fingerprint density at radius 1 is 1.09 bits per heavy atom. The van der Waals surface area contributed by atoms with Crippen molar-refractivity contribution in [1.29, 1.82) is 0 Å². The lowest BCUT2D eigenvalue weighted by Crippen LogP contribution is -2.08. The second-order valence-corrected chi connectivity index (χ2v) is 5.05. The van der Waals surface area contributed by atoms with Gasteiger partial charge in [-0.3, -0.25) is 15.5 Å². The normalized spacial score (nSPS) is 11.1. The van der Waals surface area contributed by atoms with Gasteiger partial charge in [0.25, 0.3) is 5.69 Å². The highest BCUT2D eigenvalue weighted by molar-refractivity contribution is 5.99. The van der Waals surface area contributed by atoms with Crippen LogP contribution in [0.3, 0.4) is 0 Å². The number of anilines is 2. The van der Waals surface area contributed by atoms with Crippen LogP contribution in [0.5, 0.6) is 0 Å². The molecule has 6 heteroatoms. The van der Waals surface area contributed by atoms with Crippen molar-refractivity contribution in [3.05, 3.63) is 64.2 Å². The highest BCUT2D eigenvalue weighted by Crippen LogP contribution is 2.16. The fraction of sp³-hybridized carbons (Fsp3) is 0.188. The minimum absolute atomic E-state index is 0.0607. The first kappa shape index (κ1) is 15.5. The zero-order valence-electron chi connectivity index (χ0n) is 12.8. The Kier molecular flexibility index (Phi) is 4.73. The second-order valence-electron chi connectivity index (χ2n) is 5.05. The largest absolute Gasteiger partial charge is 0.378 e. The Hall–Kier alpha value is -2.89. The van der Waals surface area contributed by atoms with Crippen molar-refractivity contribution in [2.24, 2.45) is 5.10 Å². The van der Waals surface area contributed by atoms with Crippen LogP contribution in [0.4, 0.5) is 17.1 Å². The van der Waals surface area contributed by atoms with E-state index in [0.29, 0.717) is 5.69 Å². The van der Waals surface area contributed by atoms with Crippen LogP contribution in [-0.2, 0) is 0 Å². The molecule has 0 aliphatic rings. The van der Waals surface area contributed by atoms with E-state index in [1.807, 2.05) is 50.2 Å². The number of non-ortho nitro benzene ring substituents is 1. The van der Waals surface area contributed by atoms with Gasteiger partial charge in [0.2, 0.25) is 0 Å². The standard InChI is InChI=1S/C16H18N4O2/c1-12(13-4-8-15(9-5-13)19(2)3)17-18-14-6-10-16(11-7-14)20(21)22/h4-11,18H,1-3H3/b17-12+. The predicted octanol–water partition coefficient (Wildman–Crippen LogP) is 3.50. The quantitative estimate of drug-likeness (QED) is 0.521. The summed E-state index contributed by atoms with van der Waals surface area (Å²) in [5.74, 6) is 0. The number of hydrazone groups is 1. The van der Waals surface area contributed by atoms with Gasteiger partial charge in [-0.2, -0.15) is 5.10 Å². The topological polar surface area (TPSA) is 70.8 Å². The zero-order valence-corrected chi connectivity index (χ0v) is 12.8. The molecule has 2 aromatic carbocycles. The molecule has 0 radical (unpaired) electrons. The van der Waals surface area contributed by atoms with E-state index in [2.05, 4.69) is 10.5 Å². The van der Waals surface area contributed by atoms with Crippen LogP contribution >= 0.6 is 0 Å². The van der Waals surface area contributed by atoms with E-state index < -0.39 is 4.92 Å². The molecule has 0 amide bonds. The number of hydrogen-bond acceptors (Lipinski definition) is 5. The van der Waals surface area contributed by atoms with E-state index in [0.717, 1.165) is 17.0 Å². The molecule has 0 spiro atoms. The molecule has 0 aliphatic carbocycles. The van der Waals surface area contributed by atoms with E-state index >= 15 is 0 Å². The molecule has 22 heavy (non-hydrogen) atoms. The number of nitrogens with one attached hydrogen (secondary N) is 1. The molecule has 6 nitrogen and oxygen atoms in total. The summed E-state index contributed by atoms with van der Waals surface area (Å²) in [5.41, 5.74) is 6.64. The molecule has 0 unspecified atom stereocenters. The molecule has 114 valence electrons. The third-order valence-corrected chi connectivity index (χ3v) is 3.23. The predicted molar refractivity (Wildman–Crippen MR) is 89.7 cm³/mol. The summed E-state index contributed by atoms with van der Waals surface area (Å²) >= 11 is 0. The fourth-order valence-corrected chi connectivity index (χ4v) is 1.87. The first-order chi connectivity index (χ1) is 10.5. The van der Waals surface area contributed by atoms with Gasteiger partial charge in [0, 0.05) is 31.9 Å². The van der Waals surface area contributed by atoms with Gasteiger partial charge in [-0.05, 0) is 36.8 Å². The smallest absolute Gasteiger partial charge is 0.269 e. The molecule has 0 fully saturated rings. The Balaban J connectivity index is 2.07. The summed E-state index contributed by atoms with van der Waals surface area (Å²) in [6.07, 6.45) is 0. The van der Waals surface area contributed by atoms with Gasteiger partial charge in [-0.25, -0.2) is 0 Å². The second kappa shape index (κ2) is 6.71. The summed E-state index contributed by atoms with van der Waals surface area (Å²) in [7, 11) is 3.98. The van der Waals surface area contributed by atoms with Gasteiger partial charge in [-0.15, -0.1) is 0 Å². The fourth-order valence-electron chi connectivity index (χ4n) is 1.87. The van der Waals surface area contributed by atoms with Gasteiger partial charge in [-0.1, -0.05) is 12.1 Å². The number of nitro benzene ring substituents is 1. The average Bonchev–Trinajstić information content (AvgIpc) is 2.53. The molecule has 1 N–H and O–H groups in total. The monoisotopic (exact) mass is 298 g/mol. The molecular weight excluding hydrogens is 280 g/mol. The number of nitrogens with zero attached hydrogens (tertiary/aromatic N) is 3. The Morgan fingerprint density at radius 2 is 1.68 bits per heavy atom. The average molecular weight is 298 g/mol. The highest BCUT2D eigenvalue weighted by Gasteiger charge is 2.03. The van der Waals surface area contributed by atoms with E-state index in [1.165, 1.54) is 12.1 Å². The van der Waals surface area contributed by atoms with Crippen molar-refractivity contribution in [2.45, 2.75) is 6.92 Å². The van der Waals surface area contributed by atoms with Gasteiger partial charge in [0.15, 0.2) is 0 Å². The van der Waals surface area contributed by atoms with Crippen LogP contribution in [0, 0.1) is 10.1 Å². The van der Waals surface area contributed by atoms with Crippen molar-refractivity contribution in [1.82, 2.24) is 0 Å². The van der Waals surface area contributed by atoms with Crippen molar-refractivity contribution in [3.8, 4) is 0 Å². The summed E-state index contributed by atoms with van der Waals surface area (Å²) in [4.78, 5) is 12.2. The van der Waals surface area contributed by atoms with Gasteiger partial charge < -0.3 is 4.90 Å². The van der Waals surface area contributed by atoms with Crippen LogP contribution in [-0.4, -0.2) is 24.7 Å². The third kappa shape index (κ3) is 3.82. The van der Waals surface area contributed by atoms with E-state index in [-0.39, 0.29) is 5.69 Å². The molecule has 0 saturated carbocycles. The van der Waals surface area contributed by atoms with Crippen molar-refractivity contribution in [2.75, 3.05) is 24.4 Å². The lowest BCUT2D eigenvalue weighted by atomic mass is 10.1. The van der Waals surface area contributed by atoms with Crippen LogP contribution in [0.25, 0.3) is 0 Å². The maximum Gasteiger partial charge on any atom is 0.269 e. The summed E-state index contributed by atoms with van der Waals surface area (Å²) < 4.78 is 0. The lowest BCUT2D eigenvalue weighted by molar-refractivity contribution is -0.384. The molecule has 0 atom stereocenters. The minimum Gasteiger partial charge on any atom is -0.378 e. The summed E-state index contributed by atoms with van der Waals surface area (Å²) in [6.45, 7) is 1.91. The first-order valence-electron chi connectivity index (χ1n) is 6.80. The number of hydrogen-bond donors (Lipinski definition) is 1. The maximum atomic E-state index is 10.6. The van der Waals surface area contributed by atoms with Crippen molar-refractivity contribution < 1.29 is 4.92 Å². The van der Waals surface area contributed by atoms with E-state index in [9.17, 15) is 10.1 Å². The molecule has 2 rings (SSSR count). The number of rotatable bonds is 5. The van der Waals surface area contributed by atoms with Crippen LogP contribution in [0.15, 0.2) is 53.6 Å². The molecule has 0 bridgehead atoms. The maximum absolute atomic E-state index is 10.6. The summed E-state index contributed by atoms with van der Waals surface area (Å²) in [6, 6.07) is 14.2. The van der Waals surface area contributed by atoms with Crippen molar-refractivity contribution >= 4 is 22.8 Å². The molecule has 0 aliphatic heterocycles. The molecule has 2 aromatic rings. The van der Waals surface area contributed by atoms with Crippen molar-refractivity contribution in [3.63, 3.8) is 0 Å². The summed E-state index contributed by atoms with van der Waals surface area (Å²) in [5, 5.41) is 14.9. The molecule has 0 heterocycles. The minimum atomic E-state index is -0.426. The highest BCUT2D eigenvalue weighted by atomic mass is 16.6. The van der Waals surface area contributed by atoms with Gasteiger partial charge in [0.05, 0.1) is 16.3 Å². The van der Waals surface area contributed by atoms with Gasteiger partial charge in [0.1, 0.15) is 0 Å². The van der Waals surface area contributed by atoms with E-state index in [1.54, 1.807) is 12.1 Å². The third-order valence-electron chi connectivity index (χ3n) is 3.23. The Labute approximate surface area is 129 Å². The number of nitro groups is 1. The number of benzene rings is 2. The Morgan fingerprint density at radius 3 is 2.18 bits per heavy atom. The van der Waals surface area contributed by atoms with Crippen LogP contribution in [0.2, 0.25) is 0 Å². The first-order valence-corrected chi connectivity index (χ1v) is 6.80. The lowest BCUT2D eigenvalue weighted by Gasteiger charge is -2.12. The molecule has 0 aromatic heterocycles. The Bertz CT molecular complexity index is 676. The zero-order chi connectivity index (χ0) is 16.1. The van der Waals surface area contributed by atoms with E-state index in [4.69, 9.17) is 0 Å². The van der Waals surface area contributed by atoms with Crippen LogP contribution in [0.1, 0.15) is 12.5 Å².